The SMILES string of the molecule is CC(=O)OC[C@H]1O[C@@H](OC[C@H]2O[C@@H](OC[C@H]3O[C@@H](O)[C@H](O)[C@@H](O)[C@H]3O)[C@H](OC(C)=O)[C@@H](OC(C)=O)[C@H]2OC(C)=O)[C@H](OC(C)=O)[C@@H](OC(C)=O)[C@H]1OC(C)=O. The van der Waals surface area contributed by atoms with Crippen molar-refractivity contribution in [1.29, 1.82) is 0 Å². The van der Waals surface area contributed by atoms with Crippen LogP contribution in [0, 0.1) is 0 Å². The molecular formula is C32H46O23. The third kappa shape index (κ3) is 12.7. The van der Waals surface area contributed by atoms with Crippen molar-refractivity contribution >= 4 is 41.8 Å². The van der Waals surface area contributed by atoms with Gasteiger partial charge < -0.3 is 77.3 Å². The van der Waals surface area contributed by atoms with Gasteiger partial charge in [0.1, 0.15) is 43.2 Å². The molecule has 23 heteroatoms. The third-order valence-electron chi connectivity index (χ3n) is 7.98. The lowest BCUT2D eigenvalue weighted by atomic mass is 9.97. The van der Waals surface area contributed by atoms with Gasteiger partial charge in [0.2, 0.25) is 0 Å². The van der Waals surface area contributed by atoms with E-state index in [4.69, 9.17) is 56.8 Å². The van der Waals surface area contributed by atoms with Gasteiger partial charge in [-0.25, -0.2) is 0 Å². The average Bonchev–Trinajstić information content (AvgIpc) is 3.06. The molecule has 0 radical (unpaired) electrons. The fourth-order valence-electron chi connectivity index (χ4n) is 5.89. The van der Waals surface area contributed by atoms with Crippen LogP contribution in [0.1, 0.15) is 48.5 Å². The van der Waals surface area contributed by atoms with E-state index in [1.54, 1.807) is 0 Å². The van der Waals surface area contributed by atoms with Gasteiger partial charge in [0.15, 0.2) is 55.5 Å². The van der Waals surface area contributed by atoms with Crippen molar-refractivity contribution in [2.45, 2.75) is 141 Å². The van der Waals surface area contributed by atoms with E-state index in [2.05, 4.69) is 0 Å². The molecule has 3 heterocycles. The summed E-state index contributed by atoms with van der Waals surface area (Å²) in [6.45, 7) is 5.05. The highest BCUT2D eigenvalue weighted by Crippen LogP contribution is 2.34. The number of aliphatic hydroxyl groups is 4. The Balaban J connectivity index is 2.03. The lowest BCUT2D eigenvalue weighted by Crippen LogP contribution is -2.65. The molecular weight excluding hydrogens is 752 g/mol. The molecule has 0 spiro atoms. The maximum atomic E-state index is 12.4. The maximum absolute atomic E-state index is 12.4. The number of esters is 7. The van der Waals surface area contributed by atoms with E-state index >= 15 is 0 Å². The maximum Gasteiger partial charge on any atom is 0.303 e. The summed E-state index contributed by atoms with van der Waals surface area (Å²) in [6.07, 6.45) is -25.4. The summed E-state index contributed by atoms with van der Waals surface area (Å²) < 4.78 is 66.2. The zero-order valence-electron chi connectivity index (χ0n) is 30.8. The van der Waals surface area contributed by atoms with Crippen molar-refractivity contribution in [1.82, 2.24) is 0 Å². The molecule has 0 saturated carbocycles. The fourth-order valence-corrected chi connectivity index (χ4v) is 5.89. The lowest BCUT2D eigenvalue weighted by Gasteiger charge is -2.46. The summed E-state index contributed by atoms with van der Waals surface area (Å²) in [5, 5.41) is 40.4. The normalized spacial score (nSPS) is 36.0. The van der Waals surface area contributed by atoms with Gasteiger partial charge in [-0.1, -0.05) is 0 Å². The van der Waals surface area contributed by atoms with Crippen molar-refractivity contribution < 1.29 is 111 Å². The van der Waals surface area contributed by atoms with Crippen LogP contribution >= 0.6 is 0 Å². The topological polar surface area (TPSA) is 311 Å². The second kappa shape index (κ2) is 20.2. The van der Waals surface area contributed by atoms with Crippen molar-refractivity contribution in [3.8, 4) is 0 Å². The first-order chi connectivity index (χ1) is 25.7. The Morgan fingerprint density at radius 2 is 0.745 bits per heavy atom. The minimum Gasteiger partial charge on any atom is -0.463 e. The van der Waals surface area contributed by atoms with E-state index < -0.39 is 154 Å². The highest BCUT2D eigenvalue weighted by atomic mass is 16.8. The van der Waals surface area contributed by atoms with E-state index in [-0.39, 0.29) is 0 Å². The zero-order valence-corrected chi connectivity index (χ0v) is 30.8. The molecule has 3 aliphatic heterocycles. The summed E-state index contributed by atoms with van der Waals surface area (Å²) in [5.41, 5.74) is 0. The van der Waals surface area contributed by atoms with Gasteiger partial charge in [0.05, 0.1) is 13.2 Å². The Bertz CT molecular complexity index is 1390. The van der Waals surface area contributed by atoms with Crippen LogP contribution in [-0.4, -0.2) is 174 Å². The van der Waals surface area contributed by atoms with Gasteiger partial charge in [-0.15, -0.1) is 0 Å². The fraction of sp³-hybridized carbons (Fsp3) is 0.781. The molecule has 23 nitrogen and oxygen atoms in total. The Morgan fingerprint density at radius 1 is 0.400 bits per heavy atom. The average molecular weight is 799 g/mol. The summed E-state index contributed by atoms with van der Waals surface area (Å²) in [5.74, 6) is -6.35. The molecule has 4 N–H and O–H groups in total. The van der Waals surface area contributed by atoms with Crippen LogP contribution in [0.2, 0.25) is 0 Å². The van der Waals surface area contributed by atoms with E-state index in [1.165, 1.54) is 0 Å². The number of rotatable bonds is 14. The van der Waals surface area contributed by atoms with Gasteiger partial charge in [-0.05, 0) is 0 Å². The third-order valence-corrected chi connectivity index (χ3v) is 7.98. The molecule has 3 rings (SSSR count). The molecule has 0 aromatic heterocycles. The predicted molar refractivity (Wildman–Crippen MR) is 168 cm³/mol. The van der Waals surface area contributed by atoms with Gasteiger partial charge in [-0.3, -0.25) is 33.6 Å². The van der Waals surface area contributed by atoms with Crippen LogP contribution in [0.3, 0.4) is 0 Å². The predicted octanol–water partition coefficient (Wildman–Crippen LogP) is -3.58. The molecule has 3 fully saturated rings. The van der Waals surface area contributed by atoms with Crippen molar-refractivity contribution in [2.24, 2.45) is 0 Å². The number of hydrogen-bond donors (Lipinski definition) is 4. The van der Waals surface area contributed by atoms with Crippen molar-refractivity contribution in [2.75, 3.05) is 19.8 Å². The lowest BCUT2D eigenvalue weighted by molar-refractivity contribution is -0.342. The highest BCUT2D eigenvalue weighted by Gasteiger charge is 2.56. The molecule has 15 atom stereocenters. The molecule has 0 unspecified atom stereocenters. The highest BCUT2D eigenvalue weighted by molar-refractivity contribution is 5.69. The summed E-state index contributed by atoms with van der Waals surface area (Å²) >= 11 is 0. The second-order valence-corrected chi connectivity index (χ2v) is 12.5. The van der Waals surface area contributed by atoms with Crippen LogP contribution in [0.5, 0.6) is 0 Å². The molecule has 0 aliphatic carbocycles. The number of aliphatic hydroxyl groups excluding tert-OH is 4. The Labute approximate surface area is 313 Å². The summed E-state index contributed by atoms with van der Waals surface area (Å²) in [7, 11) is 0. The molecule has 3 saturated heterocycles. The minimum absolute atomic E-state index is 0.586. The molecule has 55 heavy (non-hydrogen) atoms. The molecule has 0 aromatic rings. The van der Waals surface area contributed by atoms with Gasteiger partial charge in [-0.2, -0.15) is 0 Å². The van der Waals surface area contributed by atoms with Gasteiger partial charge in [0.25, 0.3) is 0 Å². The first-order valence-electron chi connectivity index (χ1n) is 16.8. The Kier molecular flexibility index (Phi) is 16.6. The van der Waals surface area contributed by atoms with E-state index in [0.29, 0.717) is 0 Å². The molecule has 312 valence electrons. The van der Waals surface area contributed by atoms with Crippen LogP contribution in [0.4, 0.5) is 0 Å². The van der Waals surface area contributed by atoms with Crippen LogP contribution in [-0.2, 0) is 90.4 Å². The van der Waals surface area contributed by atoms with E-state index in [0.717, 1.165) is 48.5 Å². The Hall–Kier alpha value is -4.07. The largest absolute Gasteiger partial charge is 0.463 e. The number of carbonyl (C=O) groups is 7. The summed E-state index contributed by atoms with van der Waals surface area (Å²) in [6, 6.07) is 0. The monoisotopic (exact) mass is 798 g/mol. The van der Waals surface area contributed by atoms with E-state index in [1.807, 2.05) is 0 Å². The van der Waals surface area contributed by atoms with Crippen LogP contribution < -0.4 is 0 Å². The quantitative estimate of drug-likeness (QED) is 0.0975. The van der Waals surface area contributed by atoms with Crippen LogP contribution in [0.15, 0.2) is 0 Å². The summed E-state index contributed by atoms with van der Waals surface area (Å²) in [4.78, 5) is 85.2. The molecule has 0 amide bonds. The Morgan fingerprint density at radius 3 is 1.13 bits per heavy atom. The minimum atomic E-state index is -1.95. The van der Waals surface area contributed by atoms with Gasteiger partial charge >= 0.3 is 41.8 Å². The first kappa shape index (κ1) is 45.3. The van der Waals surface area contributed by atoms with Crippen molar-refractivity contribution in [3.63, 3.8) is 0 Å². The zero-order chi connectivity index (χ0) is 41.3. The van der Waals surface area contributed by atoms with Crippen LogP contribution in [0.25, 0.3) is 0 Å². The standard InChI is InChI=1S/C32H46O23/c1-11(33)44-9-19-24(47-12(2)34)26(49-14(4)36)29(52-17(7)39)32(54-19)46-10-20-25(48-13(3)35)27(50-15(5)37)28(51-16(6)38)31(55-20)45-8-18-21(40)22(41)23(42)30(43)53-18/h18-32,40-43H,8-10H2,1-7H3/t18-,19-,20-,21+,22+,23-,24+,25+,26+,27+,28-,29-,30-,31-,32-/m1/s1. The molecule has 3 aliphatic rings. The van der Waals surface area contributed by atoms with E-state index in [9.17, 15) is 54.0 Å². The molecule has 0 aromatic carbocycles. The number of carbonyl (C=O) groups excluding carboxylic acids is 7. The van der Waals surface area contributed by atoms with Gasteiger partial charge in [0, 0.05) is 48.5 Å². The second-order valence-electron chi connectivity index (χ2n) is 12.5. The molecule has 0 bridgehead atoms. The van der Waals surface area contributed by atoms with Crippen molar-refractivity contribution in [3.05, 3.63) is 0 Å². The number of hydrogen-bond acceptors (Lipinski definition) is 23. The number of ether oxygens (including phenoxy) is 12. The first-order valence-corrected chi connectivity index (χ1v) is 16.8. The smallest absolute Gasteiger partial charge is 0.303 e.